The van der Waals surface area contributed by atoms with Gasteiger partial charge in [0.05, 0.1) is 6.04 Å². The van der Waals surface area contributed by atoms with Gasteiger partial charge >= 0.3 is 0 Å². The van der Waals surface area contributed by atoms with E-state index in [1.165, 1.54) is 5.56 Å². The van der Waals surface area contributed by atoms with Crippen molar-refractivity contribution in [2.45, 2.75) is 23.6 Å². The molecule has 2 aliphatic heterocycles. The fourth-order valence-electron chi connectivity index (χ4n) is 2.70. The summed E-state index contributed by atoms with van der Waals surface area (Å²) < 4.78 is 13.5. The Bertz CT molecular complexity index is 346. The quantitative estimate of drug-likeness (QED) is 0.747. The highest BCUT2D eigenvalue weighted by Crippen LogP contribution is 2.48. The summed E-state index contributed by atoms with van der Waals surface area (Å²) in [6, 6.07) is 10.4. The minimum Gasteiger partial charge on any atom is -0.292 e. The molecule has 4 atom stereocenters. The smallest absolute Gasteiger partial charge is 0.122 e. The molecule has 0 aromatic heterocycles. The van der Waals surface area contributed by atoms with E-state index in [2.05, 4.69) is 33.0 Å². The van der Waals surface area contributed by atoms with Crippen molar-refractivity contribution in [3.8, 4) is 0 Å². The number of halogens is 2. The molecule has 15 heavy (non-hydrogen) atoms. The Balaban J connectivity index is 1.71. The van der Waals surface area contributed by atoms with E-state index in [1.807, 2.05) is 18.2 Å². The summed E-state index contributed by atoms with van der Waals surface area (Å²) in [5.41, 5.74) is 1.27. The molecule has 1 aromatic carbocycles. The van der Waals surface area contributed by atoms with E-state index in [4.69, 9.17) is 0 Å². The van der Waals surface area contributed by atoms with Gasteiger partial charge in [0.25, 0.3) is 0 Å². The minimum absolute atomic E-state index is 0.107. The second-order valence-corrected chi connectivity index (χ2v) is 5.52. The van der Waals surface area contributed by atoms with E-state index in [1.54, 1.807) is 0 Å². The van der Waals surface area contributed by atoms with Gasteiger partial charge in [-0.25, -0.2) is 4.39 Å². The number of hydrogen-bond donors (Lipinski definition) is 0. The normalized spacial score (nSPS) is 39.1. The fourth-order valence-corrected chi connectivity index (χ4v) is 3.78. The third-order valence-electron chi connectivity index (χ3n) is 3.57. The van der Waals surface area contributed by atoms with E-state index in [-0.39, 0.29) is 12.0 Å². The molecule has 1 aliphatic carbocycles. The molecule has 0 spiro atoms. The first-order chi connectivity index (χ1) is 7.27. The van der Waals surface area contributed by atoms with Crippen molar-refractivity contribution < 1.29 is 4.39 Å². The number of alkyl halides is 2. The summed E-state index contributed by atoms with van der Waals surface area (Å²) in [5, 5.41) is 0. The summed E-state index contributed by atoms with van der Waals surface area (Å²) in [5.74, 6) is 0.221. The van der Waals surface area contributed by atoms with Crippen molar-refractivity contribution in [1.82, 2.24) is 4.90 Å². The number of hydrogen-bond acceptors (Lipinski definition) is 1. The molecular formula is C12H13BrFN. The summed E-state index contributed by atoms with van der Waals surface area (Å²) in [6.45, 7) is 1.78. The Hall–Kier alpha value is -0.410. The van der Waals surface area contributed by atoms with Crippen LogP contribution in [0.2, 0.25) is 0 Å². The van der Waals surface area contributed by atoms with Crippen LogP contribution in [0.5, 0.6) is 0 Å². The lowest BCUT2D eigenvalue weighted by Gasteiger charge is -2.36. The Morgan fingerprint density at radius 3 is 2.60 bits per heavy atom. The highest BCUT2D eigenvalue weighted by atomic mass is 79.9. The second-order valence-electron chi connectivity index (χ2n) is 4.46. The van der Waals surface area contributed by atoms with Gasteiger partial charge in [-0.2, -0.15) is 0 Å². The number of rotatable bonds is 2. The Morgan fingerprint density at radius 1 is 1.33 bits per heavy atom. The average molecular weight is 270 g/mol. The zero-order chi connectivity index (χ0) is 10.4. The van der Waals surface area contributed by atoms with E-state index in [9.17, 15) is 4.39 Å². The number of benzene rings is 1. The number of fused-ring (bicyclic) bond motifs is 1. The third-order valence-corrected chi connectivity index (χ3v) is 4.79. The Kier molecular flexibility index (Phi) is 2.33. The highest BCUT2D eigenvalue weighted by molar-refractivity contribution is 9.09. The van der Waals surface area contributed by atoms with Crippen molar-refractivity contribution in [3.63, 3.8) is 0 Å². The largest absolute Gasteiger partial charge is 0.292 e. The SMILES string of the molecule is FC1C2CN(Cc3ccccc3)C1C2Br. The molecule has 0 N–H and O–H groups in total. The predicted molar refractivity (Wildman–Crippen MR) is 61.7 cm³/mol. The molecule has 2 heterocycles. The van der Waals surface area contributed by atoms with Crippen molar-refractivity contribution in [2.24, 2.45) is 5.92 Å². The van der Waals surface area contributed by atoms with Crippen LogP contribution in [-0.4, -0.2) is 28.5 Å². The minimum atomic E-state index is -0.613. The van der Waals surface area contributed by atoms with Crippen LogP contribution in [0.15, 0.2) is 30.3 Å². The van der Waals surface area contributed by atoms with Crippen molar-refractivity contribution in [3.05, 3.63) is 35.9 Å². The standard InChI is InChI=1S/C12H13BrFN/c13-10-9-7-15(12(10)11(9)14)6-8-4-2-1-3-5-8/h1-5,9-12H,6-7H2. The molecule has 80 valence electrons. The fraction of sp³-hybridized carbons (Fsp3) is 0.500. The van der Waals surface area contributed by atoms with Gasteiger partial charge in [0.2, 0.25) is 0 Å². The van der Waals surface area contributed by atoms with Crippen LogP contribution in [0.3, 0.4) is 0 Å². The van der Waals surface area contributed by atoms with Crippen LogP contribution >= 0.6 is 15.9 Å². The first-order valence-electron chi connectivity index (χ1n) is 5.33. The zero-order valence-electron chi connectivity index (χ0n) is 8.31. The average Bonchev–Trinajstić information content (AvgIpc) is 2.75. The molecule has 1 aromatic rings. The zero-order valence-corrected chi connectivity index (χ0v) is 9.90. The summed E-state index contributed by atoms with van der Waals surface area (Å²) >= 11 is 3.57. The molecule has 3 heteroatoms. The monoisotopic (exact) mass is 269 g/mol. The van der Waals surface area contributed by atoms with Gasteiger partial charge in [0.15, 0.2) is 0 Å². The lowest BCUT2D eigenvalue weighted by molar-refractivity contribution is 0.112. The summed E-state index contributed by atoms with van der Waals surface area (Å²) in [4.78, 5) is 2.63. The lowest BCUT2D eigenvalue weighted by Crippen LogP contribution is -2.50. The topological polar surface area (TPSA) is 3.24 Å². The van der Waals surface area contributed by atoms with E-state index < -0.39 is 6.17 Å². The first-order valence-corrected chi connectivity index (χ1v) is 6.25. The van der Waals surface area contributed by atoms with Crippen LogP contribution in [0.25, 0.3) is 0 Å². The molecule has 0 radical (unpaired) electrons. The van der Waals surface area contributed by atoms with Gasteiger partial charge in [0, 0.05) is 23.8 Å². The van der Waals surface area contributed by atoms with E-state index >= 15 is 0 Å². The molecule has 1 saturated carbocycles. The van der Waals surface area contributed by atoms with Gasteiger partial charge in [-0.3, -0.25) is 4.90 Å². The summed E-state index contributed by atoms with van der Waals surface area (Å²) in [6.07, 6.45) is -0.613. The molecule has 3 aliphatic rings. The number of nitrogens with zero attached hydrogens (tertiary/aromatic N) is 1. The van der Waals surface area contributed by atoms with Crippen LogP contribution in [-0.2, 0) is 6.54 Å². The predicted octanol–water partition coefficient (Wildman–Crippen LogP) is 2.60. The lowest BCUT2D eigenvalue weighted by atomic mass is 9.84. The van der Waals surface area contributed by atoms with Crippen molar-refractivity contribution in [2.75, 3.05) is 6.54 Å². The van der Waals surface area contributed by atoms with Crippen molar-refractivity contribution in [1.29, 1.82) is 0 Å². The molecule has 3 fully saturated rings. The van der Waals surface area contributed by atoms with Crippen LogP contribution in [0.1, 0.15) is 5.56 Å². The molecule has 1 nitrogen and oxygen atoms in total. The Labute approximate surface area is 97.4 Å². The molecule has 4 unspecified atom stereocenters. The van der Waals surface area contributed by atoms with Crippen LogP contribution < -0.4 is 0 Å². The molecule has 2 bridgehead atoms. The van der Waals surface area contributed by atoms with Crippen LogP contribution in [0, 0.1) is 5.92 Å². The van der Waals surface area contributed by atoms with E-state index in [0.717, 1.165) is 13.1 Å². The van der Waals surface area contributed by atoms with Gasteiger partial charge < -0.3 is 0 Å². The molecule has 2 saturated heterocycles. The van der Waals surface area contributed by atoms with Gasteiger partial charge in [-0.15, -0.1) is 0 Å². The van der Waals surface area contributed by atoms with Gasteiger partial charge in [-0.1, -0.05) is 46.3 Å². The second kappa shape index (κ2) is 3.56. The van der Waals surface area contributed by atoms with Crippen molar-refractivity contribution >= 4 is 15.9 Å². The molecular weight excluding hydrogens is 257 g/mol. The van der Waals surface area contributed by atoms with Gasteiger partial charge in [0.1, 0.15) is 6.17 Å². The summed E-state index contributed by atoms with van der Waals surface area (Å²) in [7, 11) is 0. The highest BCUT2D eigenvalue weighted by Gasteiger charge is 2.59. The maximum Gasteiger partial charge on any atom is 0.122 e. The third kappa shape index (κ3) is 1.44. The molecule has 4 rings (SSSR count). The van der Waals surface area contributed by atoms with E-state index in [0.29, 0.717) is 4.83 Å². The van der Waals surface area contributed by atoms with Crippen LogP contribution in [0.4, 0.5) is 4.39 Å². The maximum atomic E-state index is 13.5. The first kappa shape index (κ1) is 9.79. The Morgan fingerprint density at radius 2 is 2.07 bits per heavy atom. The van der Waals surface area contributed by atoms with Gasteiger partial charge in [-0.05, 0) is 5.56 Å². The maximum absolute atomic E-state index is 13.5. The molecule has 0 amide bonds.